The number of aliphatic hydroxyl groups is 4. The Morgan fingerprint density at radius 3 is 1.87 bits per heavy atom. The van der Waals surface area contributed by atoms with Crippen molar-refractivity contribution in [1.29, 1.82) is 0 Å². The molecule has 5 N–H and O–H groups in total. The summed E-state index contributed by atoms with van der Waals surface area (Å²) in [6.07, 6.45) is 19.3. The van der Waals surface area contributed by atoms with Crippen LogP contribution in [0.3, 0.4) is 0 Å². The van der Waals surface area contributed by atoms with E-state index in [4.69, 9.17) is 23.7 Å². The maximum Gasteiger partial charge on any atom is 0.407 e. The molecule has 11 atom stereocenters. The van der Waals surface area contributed by atoms with Crippen LogP contribution in [-0.2, 0) is 42.9 Å². The highest BCUT2D eigenvalue weighted by molar-refractivity contribution is 5.95. The molecule has 378 valence electrons. The van der Waals surface area contributed by atoms with Crippen LogP contribution in [0.25, 0.3) is 0 Å². The van der Waals surface area contributed by atoms with Crippen molar-refractivity contribution in [3.05, 3.63) is 84.1 Å². The molecule has 2 bridgehead atoms. The molecule has 1 aliphatic heterocycles. The number of fused-ring (bicyclic) bond motifs is 5. The fraction of sp³-hybridized carbons (Fsp3) is 0.642. The van der Waals surface area contributed by atoms with Crippen LogP contribution in [0.4, 0.5) is 4.79 Å². The quantitative estimate of drug-likeness (QED) is 0.0468. The molecule has 3 aliphatic carbocycles. The van der Waals surface area contributed by atoms with E-state index in [1.54, 1.807) is 34.6 Å². The van der Waals surface area contributed by atoms with Gasteiger partial charge in [-0.3, -0.25) is 14.4 Å². The van der Waals surface area contributed by atoms with Gasteiger partial charge in [0.1, 0.15) is 29.0 Å². The fourth-order valence-corrected chi connectivity index (χ4v) is 9.89. The van der Waals surface area contributed by atoms with Gasteiger partial charge in [-0.25, -0.2) is 9.59 Å². The Labute approximate surface area is 402 Å². The first-order chi connectivity index (χ1) is 31.9. The molecule has 15 nitrogen and oxygen atoms in total. The van der Waals surface area contributed by atoms with E-state index in [1.165, 1.54) is 20.8 Å². The van der Waals surface area contributed by atoms with Crippen molar-refractivity contribution in [2.45, 2.75) is 193 Å². The second-order valence-corrected chi connectivity index (χ2v) is 20.2. The number of alkyl carbamates (subject to hydrolysis) is 1. The van der Waals surface area contributed by atoms with E-state index in [9.17, 15) is 39.6 Å². The summed E-state index contributed by atoms with van der Waals surface area (Å²) in [4.78, 5) is 68.4. The van der Waals surface area contributed by atoms with Crippen molar-refractivity contribution in [3.8, 4) is 0 Å². The van der Waals surface area contributed by atoms with E-state index in [1.807, 2.05) is 18.2 Å². The standard InChI is InChI=1S/C53H77NO14/c1-11-12-13-14-15-16-17-18-19-20-21-22-23-24-25-26-27-28-29-30-40(57)67-43-41-34(2)37(66-47(60)42(58)35(3)54-48(61)68-49(5,6)7)32-53(63,50(41,8)9)46(65-36(4)55)44-51(10,45(43)59)38(56)31-39-52(44,62)33-64-39/h12-13,15-16,18-19,21-22,24-25,27-28,35,37-39,42-44,46,56,58,62-63H,11,14,17,20,23,26,29-33H2,1-10H3,(H,54,61)/b13-12-,16-15-,19-18-,22-21-,25-24-,28-27-/t35-,37?,38-,39+,42?,43+,44-,46-,51+,52-,53+/m0/s1. The zero-order valence-corrected chi connectivity index (χ0v) is 41.7. The Kier molecular flexibility index (Phi) is 19.5. The first kappa shape index (κ1) is 55.9. The predicted octanol–water partition coefficient (Wildman–Crippen LogP) is 7.07. The summed E-state index contributed by atoms with van der Waals surface area (Å²) < 4.78 is 28.9. The largest absolute Gasteiger partial charge is 0.459 e. The lowest BCUT2D eigenvalue weighted by atomic mass is 9.44. The molecule has 15 heteroatoms. The lowest BCUT2D eigenvalue weighted by molar-refractivity contribution is -0.345. The minimum absolute atomic E-state index is 0.0359. The van der Waals surface area contributed by atoms with Crippen LogP contribution in [0.2, 0.25) is 0 Å². The Balaban J connectivity index is 1.57. The van der Waals surface area contributed by atoms with Gasteiger partial charge >= 0.3 is 24.0 Å². The van der Waals surface area contributed by atoms with Gasteiger partial charge < -0.3 is 49.4 Å². The monoisotopic (exact) mass is 952 g/mol. The van der Waals surface area contributed by atoms with Crippen LogP contribution >= 0.6 is 0 Å². The number of rotatable bonds is 20. The van der Waals surface area contributed by atoms with Crippen molar-refractivity contribution in [1.82, 2.24) is 5.32 Å². The van der Waals surface area contributed by atoms with E-state index in [-0.39, 0.29) is 37.0 Å². The number of Topliss-reactive ketones (excluding diaryl/α,β-unsaturated/α-hetero) is 1. The normalized spacial score (nSPS) is 31.4. The predicted molar refractivity (Wildman–Crippen MR) is 256 cm³/mol. The molecule has 68 heavy (non-hydrogen) atoms. The molecule has 0 aromatic rings. The second kappa shape index (κ2) is 23.8. The van der Waals surface area contributed by atoms with E-state index < -0.39 is 112 Å². The molecular formula is C53H77NO14. The highest BCUT2D eigenvalue weighted by Crippen LogP contribution is 2.63. The van der Waals surface area contributed by atoms with Crippen LogP contribution < -0.4 is 5.32 Å². The third kappa shape index (κ3) is 12.9. The van der Waals surface area contributed by atoms with Gasteiger partial charge in [-0.05, 0) is 97.6 Å². The van der Waals surface area contributed by atoms with Gasteiger partial charge in [0.05, 0.1) is 30.3 Å². The summed E-state index contributed by atoms with van der Waals surface area (Å²) in [5.74, 6) is -5.18. The molecule has 4 rings (SSSR count). The molecule has 0 radical (unpaired) electrons. The van der Waals surface area contributed by atoms with E-state index in [2.05, 4.69) is 66.9 Å². The molecule has 4 aliphatic rings. The van der Waals surface area contributed by atoms with Crippen LogP contribution in [0, 0.1) is 16.7 Å². The number of allylic oxidation sites excluding steroid dienone is 12. The number of ether oxygens (including phenoxy) is 5. The fourth-order valence-electron chi connectivity index (χ4n) is 9.89. The highest BCUT2D eigenvalue weighted by atomic mass is 16.6. The Morgan fingerprint density at radius 2 is 1.38 bits per heavy atom. The van der Waals surface area contributed by atoms with Gasteiger partial charge in [0.2, 0.25) is 0 Å². The maximum atomic E-state index is 15.4. The minimum atomic E-state index is -2.29. The number of carbonyl (C=O) groups excluding carboxylic acids is 5. The van der Waals surface area contributed by atoms with Crippen molar-refractivity contribution >= 4 is 29.8 Å². The summed E-state index contributed by atoms with van der Waals surface area (Å²) in [6, 6.07) is -1.21. The topological polar surface area (TPSA) is 224 Å². The van der Waals surface area contributed by atoms with E-state index in [0.717, 1.165) is 39.0 Å². The van der Waals surface area contributed by atoms with Gasteiger partial charge in [0, 0.05) is 37.5 Å². The summed E-state index contributed by atoms with van der Waals surface area (Å²) in [5.41, 5.74) is -8.42. The number of carbonyl (C=O) groups is 5. The number of amides is 1. The maximum absolute atomic E-state index is 15.4. The Hall–Kier alpha value is -4.67. The van der Waals surface area contributed by atoms with Crippen molar-refractivity contribution < 1.29 is 68.1 Å². The van der Waals surface area contributed by atoms with Gasteiger partial charge in [-0.15, -0.1) is 0 Å². The number of ketones is 1. The third-order valence-corrected chi connectivity index (χ3v) is 13.7. The van der Waals surface area contributed by atoms with Crippen molar-refractivity contribution in [3.63, 3.8) is 0 Å². The van der Waals surface area contributed by atoms with Crippen LogP contribution in [0.1, 0.15) is 133 Å². The van der Waals surface area contributed by atoms with Gasteiger partial charge in [0.15, 0.2) is 18.0 Å². The first-order valence-corrected chi connectivity index (χ1v) is 24.0. The van der Waals surface area contributed by atoms with Crippen molar-refractivity contribution in [2.24, 2.45) is 16.7 Å². The lowest BCUT2D eigenvalue weighted by Crippen LogP contribution is -2.81. The molecule has 2 saturated carbocycles. The lowest BCUT2D eigenvalue weighted by Gasteiger charge is -2.66. The summed E-state index contributed by atoms with van der Waals surface area (Å²) in [6.45, 7) is 15.3. The zero-order chi connectivity index (χ0) is 50.7. The average molecular weight is 952 g/mol. The summed E-state index contributed by atoms with van der Waals surface area (Å²) >= 11 is 0. The average Bonchev–Trinajstić information content (AvgIpc) is 3.24. The molecule has 0 aromatic heterocycles. The minimum Gasteiger partial charge on any atom is -0.459 e. The van der Waals surface area contributed by atoms with Crippen LogP contribution in [0.5, 0.6) is 0 Å². The summed E-state index contributed by atoms with van der Waals surface area (Å²) in [5, 5.41) is 51.0. The van der Waals surface area contributed by atoms with Crippen LogP contribution in [0.15, 0.2) is 84.1 Å². The second-order valence-electron chi connectivity index (χ2n) is 20.2. The molecule has 3 fully saturated rings. The molecule has 2 unspecified atom stereocenters. The van der Waals surface area contributed by atoms with Gasteiger partial charge in [-0.1, -0.05) is 93.7 Å². The number of esters is 3. The van der Waals surface area contributed by atoms with Crippen molar-refractivity contribution in [2.75, 3.05) is 6.61 Å². The highest BCUT2D eigenvalue weighted by Gasteiger charge is 2.76. The van der Waals surface area contributed by atoms with Crippen LogP contribution in [-0.4, -0.2) is 116 Å². The van der Waals surface area contributed by atoms with Gasteiger partial charge in [0.25, 0.3) is 0 Å². The molecule has 1 saturated heterocycles. The number of nitrogens with one attached hydrogen (secondary N) is 1. The smallest absolute Gasteiger partial charge is 0.407 e. The summed E-state index contributed by atoms with van der Waals surface area (Å²) in [7, 11) is 0. The first-order valence-electron chi connectivity index (χ1n) is 24.0. The number of aliphatic hydroxyl groups excluding tert-OH is 2. The van der Waals surface area contributed by atoms with Gasteiger partial charge in [-0.2, -0.15) is 0 Å². The zero-order valence-electron chi connectivity index (χ0n) is 41.7. The number of hydrogen-bond donors (Lipinski definition) is 5. The molecule has 1 heterocycles. The van der Waals surface area contributed by atoms with E-state index >= 15 is 4.79 Å². The molecule has 0 spiro atoms. The molecular weight excluding hydrogens is 875 g/mol. The third-order valence-electron chi connectivity index (χ3n) is 13.7. The molecule has 1 amide bonds. The SMILES string of the molecule is CC/C=C\C/C=C\C/C=C\C/C=C\C/C=C\C/C=C\CCC(=O)O[C@H]1C(=O)[C@@]2(C)[C@H]([C@H](OC(C)=O)[C@]3(O)CC(OC(=O)C(O)[C@H](C)NC(=O)OC(C)(C)C)C(C)=C1C3(C)C)[C@]1(O)CO[C@@H]1C[C@@H]2O. The Morgan fingerprint density at radius 1 is 0.853 bits per heavy atom. The van der Waals surface area contributed by atoms with E-state index in [0.29, 0.717) is 6.42 Å². The number of hydrogen-bond acceptors (Lipinski definition) is 14. The molecule has 0 aromatic carbocycles. The Bertz CT molecular complexity index is 2020.